The van der Waals surface area contributed by atoms with E-state index in [0.717, 1.165) is 11.0 Å². The van der Waals surface area contributed by atoms with Gasteiger partial charge < -0.3 is 15.0 Å². The number of aromatic nitrogens is 2. The number of rotatable bonds is 4. The summed E-state index contributed by atoms with van der Waals surface area (Å²) < 4.78 is 42.5. The average molecular weight is 456 g/mol. The number of Topliss-reactive ketones (excluding diaryl/α,β-unsaturated/α-hetero) is 1. The first-order valence-electron chi connectivity index (χ1n) is 10.3. The number of anilines is 2. The number of aliphatic hydroxyl groups is 1. The summed E-state index contributed by atoms with van der Waals surface area (Å²) in [5, 5.41) is 10.5. The van der Waals surface area contributed by atoms with Gasteiger partial charge >= 0.3 is 0 Å². The van der Waals surface area contributed by atoms with E-state index in [1.54, 1.807) is 18.2 Å². The van der Waals surface area contributed by atoms with Gasteiger partial charge in [-0.25, -0.2) is 18.2 Å². The third-order valence-corrected chi connectivity index (χ3v) is 6.08. The highest BCUT2D eigenvalue weighted by molar-refractivity contribution is 6.16. The third kappa shape index (κ3) is 3.42. The molecule has 2 aliphatic rings. The molecule has 2 aromatic carbocycles. The lowest BCUT2D eigenvalue weighted by molar-refractivity contribution is -0.117. The molecule has 1 unspecified atom stereocenters. The Morgan fingerprint density at radius 3 is 2.64 bits per heavy atom. The molecule has 1 amide bonds. The number of H-pyrrole nitrogens is 1. The molecule has 7 nitrogen and oxygen atoms in total. The Labute approximate surface area is 186 Å². The second kappa shape index (κ2) is 7.36. The molecule has 1 fully saturated rings. The lowest BCUT2D eigenvalue weighted by atomic mass is 9.95. The summed E-state index contributed by atoms with van der Waals surface area (Å²) >= 11 is 0. The van der Waals surface area contributed by atoms with Gasteiger partial charge in [0.1, 0.15) is 5.82 Å². The van der Waals surface area contributed by atoms with Crippen molar-refractivity contribution in [1.29, 1.82) is 0 Å². The Hall–Kier alpha value is -3.82. The fourth-order valence-electron chi connectivity index (χ4n) is 4.49. The zero-order valence-corrected chi connectivity index (χ0v) is 17.5. The number of imidazole rings is 1. The van der Waals surface area contributed by atoms with Crippen LogP contribution in [0.25, 0.3) is 11.0 Å². The normalized spacial score (nSPS) is 20.4. The Bertz CT molecular complexity index is 1330. The summed E-state index contributed by atoms with van der Waals surface area (Å²) in [6.07, 6.45) is 1.16. The van der Waals surface area contributed by atoms with E-state index in [2.05, 4.69) is 9.97 Å². The third-order valence-electron chi connectivity index (χ3n) is 6.08. The summed E-state index contributed by atoms with van der Waals surface area (Å²) in [6, 6.07) is 7.60. The van der Waals surface area contributed by atoms with Gasteiger partial charge in [0.15, 0.2) is 11.5 Å². The molecule has 0 bridgehead atoms. The number of hydrogen-bond donors (Lipinski definition) is 2. The maximum Gasteiger partial charge on any atom is 0.294 e. The Balaban J connectivity index is 1.59. The van der Waals surface area contributed by atoms with Crippen LogP contribution in [0.1, 0.15) is 24.9 Å². The summed E-state index contributed by atoms with van der Waals surface area (Å²) in [5.74, 6) is -5.80. The molecule has 2 N–H and O–H groups in total. The van der Waals surface area contributed by atoms with E-state index in [-0.39, 0.29) is 29.8 Å². The van der Waals surface area contributed by atoms with Crippen LogP contribution < -0.4 is 9.80 Å². The van der Waals surface area contributed by atoms with E-state index in [4.69, 9.17) is 0 Å². The van der Waals surface area contributed by atoms with Crippen molar-refractivity contribution in [2.45, 2.75) is 25.3 Å². The molecule has 3 aromatic rings. The molecule has 2 aliphatic heterocycles. The molecular weight excluding hydrogens is 437 g/mol. The maximum atomic E-state index is 15.3. The zero-order chi connectivity index (χ0) is 23.5. The average Bonchev–Trinajstić information content (AvgIpc) is 3.44. The number of carbonyl (C=O) groups is 2. The number of aliphatic hydroxyl groups excluding tert-OH is 1. The molecule has 1 aromatic heterocycles. The number of carbonyl (C=O) groups excluding carboxylic acids is 2. The highest BCUT2D eigenvalue weighted by Gasteiger charge is 2.45. The first-order chi connectivity index (χ1) is 15.7. The van der Waals surface area contributed by atoms with Gasteiger partial charge in [0.2, 0.25) is 0 Å². The number of ketones is 1. The Morgan fingerprint density at radius 1 is 1.21 bits per heavy atom. The van der Waals surface area contributed by atoms with Gasteiger partial charge in [0.25, 0.3) is 11.8 Å². The molecule has 1 saturated heterocycles. The van der Waals surface area contributed by atoms with Gasteiger partial charge in [-0.1, -0.05) is 6.07 Å². The van der Waals surface area contributed by atoms with Crippen LogP contribution in [0.3, 0.4) is 0 Å². The van der Waals surface area contributed by atoms with E-state index in [1.165, 1.54) is 30.3 Å². The van der Waals surface area contributed by atoms with Crippen LogP contribution in [-0.4, -0.2) is 45.8 Å². The Morgan fingerprint density at radius 2 is 1.97 bits per heavy atom. The molecular formula is C23H19F3N4O3. The van der Waals surface area contributed by atoms with Crippen molar-refractivity contribution in [2.75, 3.05) is 22.9 Å². The standard InChI is InChI=1S/C23H19F3N4O3/c1-12(31)19-20(15-4-2-13(8-16(15)24)29-7-6-23(25,26)10-29)30(22(33)21(19)32)14-3-5-17-18(9-14)28-11-27-17/h2-5,8-9,11,20,32H,6-7,10H2,1H3,(H,27,28). The quantitative estimate of drug-likeness (QED) is 0.619. The molecule has 5 rings (SSSR count). The van der Waals surface area contributed by atoms with Crippen LogP contribution in [0.5, 0.6) is 0 Å². The van der Waals surface area contributed by atoms with Crippen molar-refractivity contribution in [1.82, 2.24) is 9.97 Å². The van der Waals surface area contributed by atoms with Crippen molar-refractivity contribution >= 4 is 34.1 Å². The van der Waals surface area contributed by atoms with E-state index in [0.29, 0.717) is 16.7 Å². The highest BCUT2D eigenvalue weighted by atomic mass is 19.3. The van der Waals surface area contributed by atoms with Crippen LogP contribution in [0.15, 0.2) is 54.1 Å². The van der Waals surface area contributed by atoms with Crippen LogP contribution in [0.4, 0.5) is 24.5 Å². The summed E-state index contributed by atoms with van der Waals surface area (Å²) in [4.78, 5) is 34.9. The first-order valence-corrected chi connectivity index (χ1v) is 10.3. The zero-order valence-electron chi connectivity index (χ0n) is 17.5. The van der Waals surface area contributed by atoms with Crippen LogP contribution in [0, 0.1) is 5.82 Å². The summed E-state index contributed by atoms with van der Waals surface area (Å²) in [6.45, 7) is 0.761. The molecule has 0 saturated carbocycles. The second-order valence-corrected chi connectivity index (χ2v) is 8.23. The number of benzene rings is 2. The number of nitrogens with zero attached hydrogens (tertiary/aromatic N) is 3. The van der Waals surface area contributed by atoms with Gasteiger partial charge in [-0.05, 0) is 37.3 Å². The van der Waals surface area contributed by atoms with E-state index in [9.17, 15) is 23.5 Å². The van der Waals surface area contributed by atoms with Gasteiger partial charge in [-0.3, -0.25) is 14.5 Å². The van der Waals surface area contributed by atoms with E-state index in [1.807, 2.05) is 0 Å². The van der Waals surface area contributed by atoms with Crippen molar-refractivity contribution in [3.8, 4) is 0 Å². The summed E-state index contributed by atoms with van der Waals surface area (Å²) in [5.41, 5.74) is 1.58. The second-order valence-electron chi connectivity index (χ2n) is 8.23. The minimum atomic E-state index is -2.84. The lowest BCUT2D eigenvalue weighted by Crippen LogP contribution is -2.31. The summed E-state index contributed by atoms with van der Waals surface area (Å²) in [7, 11) is 0. The van der Waals surface area contributed by atoms with Crippen molar-refractivity contribution in [3.63, 3.8) is 0 Å². The van der Waals surface area contributed by atoms with Gasteiger partial charge in [0.05, 0.1) is 35.5 Å². The molecule has 0 radical (unpaired) electrons. The number of aromatic amines is 1. The molecule has 3 heterocycles. The number of fused-ring (bicyclic) bond motifs is 1. The minimum Gasteiger partial charge on any atom is -0.503 e. The number of amides is 1. The SMILES string of the molecule is CC(=O)C1=C(O)C(=O)N(c2ccc3[nH]cnc3c2)C1c1ccc(N2CCC(F)(F)C2)cc1F. The lowest BCUT2D eigenvalue weighted by Gasteiger charge is -2.28. The maximum absolute atomic E-state index is 15.3. The van der Waals surface area contributed by atoms with Crippen molar-refractivity contribution < 1.29 is 27.9 Å². The fourth-order valence-corrected chi connectivity index (χ4v) is 4.49. The van der Waals surface area contributed by atoms with Gasteiger partial charge in [-0.2, -0.15) is 0 Å². The van der Waals surface area contributed by atoms with Crippen LogP contribution in [0.2, 0.25) is 0 Å². The van der Waals surface area contributed by atoms with Crippen molar-refractivity contribution in [2.24, 2.45) is 0 Å². The topological polar surface area (TPSA) is 89.5 Å². The number of hydrogen-bond acceptors (Lipinski definition) is 5. The molecule has 10 heteroatoms. The molecule has 33 heavy (non-hydrogen) atoms. The van der Waals surface area contributed by atoms with E-state index < -0.39 is 41.8 Å². The molecule has 0 aliphatic carbocycles. The number of halogens is 3. The number of nitrogens with one attached hydrogen (secondary N) is 1. The Kier molecular flexibility index (Phi) is 4.70. The van der Waals surface area contributed by atoms with Gasteiger partial charge in [-0.15, -0.1) is 0 Å². The monoisotopic (exact) mass is 456 g/mol. The van der Waals surface area contributed by atoms with Gasteiger partial charge in [0, 0.05) is 29.9 Å². The van der Waals surface area contributed by atoms with Crippen LogP contribution >= 0.6 is 0 Å². The highest BCUT2D eigenvalue weighted by Crippen LogP contribution is 2.43. The largest absolute Gasteiger partial charge is 0.503 e. The molecule has 170 valence electrons. The molecule has 0 spiro atoms. The fraction of sp³-hybridized carbons (Fsp3) is 0.261. The van der Waals surface area contributed by atoms with E-state index >= 15 is 4.39 Å². The first kappa shape index (κ1) is 21.0. The molecule has 1 atom stereocenters. The van der Waals surface area contributed by atoms with Crippen molar-refractivity contribution in [3.05, 3.63) is 65.4 Å². The van der Waals surface area contributed by atoms with Crippen LogP contribution in [-0.2, 0) is 9.59 Å². The predicted octanol–water partition coefficient (Wildman–Crippen LogP) is 4.04. The number of alkyl halides is 2. The predicted molar refractivity (Wildman–Crippen MR) is 115 cm³/mol. The smallest absolute Gasteiger partial charge is 0.294 e. The minimum absolute atomic E-state index is 0.0329.